The number of hydrogen-bond donors (Lipinski definition) is 3. The second-order valence-electron chi connectivity index (χ2n) is 24.2. The summed E-state index contributed by atoms with van der Waals surface area (Å²) in [4.78, 5) is 94.6. The molecular formula is C67H115N3O14. The Labute approximate surface area is 506 Å². The van der Waals surface area contributed by atoms with Crippen LogP contribution in [0.15, 0.2) is 30.3 Å². The van der Waals surface area contributed by atoms with Crippen molar-refractivity contribution in [3.63, 3.8) is 0 Å². The van der Waals surface area contributed by atoms with Crippen LogP contribution in [0.3, 0.4) is 0 Å². The number of unbranched alkanes of at least 4 members (excludes halogenated alkanes) is 28. The maximum atomic E-state index is 14.6. The second kappa shape index (κ2) is 47.4. The Morgan fingerprint density at radius 3 is 1.52 bits per heavy atom. The summed E-state index contributed by atoms with van der Waals surface area (Å²) in [6.07, 6.45) is 27.6. The Kier molecular flexibility index (Phi) is 42.5. The topological polar surface area (TPSA) is 220 Å². The fraction of sp³-hybridized carbons (Fsp3) is 0.806. The Morgan fingerprint density at radius 1 is 0.571 bits per heavy atom. The van der Waals surface area contributed by atoms with Gasteiger partial charge in [-0.1, -0.05) is 231 Å². The lowest BCUT2D eigenvalue weighted by Gasteiger charge is -2.45. The molecule has 1 saturated heterocycles. The van der Waals surface area contributed by atoms with E-state index in [0.717, 1.165) is 90.9 Å². The molecule has 7 atom stereocenters. The van der Waals surface area contributed by atoms with Crippen molar-refractivity contribution in [1.29, 1.82) is 0 Å². The van der Waals surface area contributed by atoms with E-state index in [1.165, 1.54) is 109 Å². The van der Waals surface area contributed by atoms with Gasteiger partial charge in [-0.15, -0.1) is 0 Å². The zero-order valence-corrected chi connectivity index (χ0v) is 53.5. The smallest absolute Gasteiger partial charge is 0.407 e. The van der Waals surface area contributed by atoms with E-state index in [1.807, 2.05) is 18.2 Å². The molecule has 3 N–H and O–H groups in total. The number of carbonyl (C=O) groups is 7. The Balaban J connectivity index is 2.43. The van der Waals surface area contributed by atoms with Crippen LogP contribution in [0.1, 0.15) is 286 Å². The quantitative estimate of drug-likeness (QED) is 0.0314. The molecule has 1 aliphatic rings. The average molecular weight is 1190 g/mol. The molecule has 17 heteroatoms. The van der Waals surface area contributed by atoms with Crippen molar-refractivity contribution in [2.24, 2.45) is 0 Å². The van der Waals surface area contributed by atoms with E-state index in [0.29, 0.717) is 24.8 Å². The predicted octanol–water partition coefficient (Wildman–Crippen LogP) is 14.5. The minimum absolute atomic E-state index is 0.0929. The number of carbonyl (C=O) groups excluding carboxylic acids is 7. The number of esters is 4. The normalized spacial score (nSPS) is 17.5. The van der Waals surface area contributed by atoms with E-state index >= 15 is 0 Å². The molecule has 1 aromatic carbocycles. The molecule has 3 amide bonds. The van der Waals surface area contributed by atoms with Crippen LogP contribution in [-0.2, 0) is 68.5 Å². The molecule has 84 heavy (non-hydrogen) atoms. The van der Waals surface area contributed by atoms with Crippen molar-refractivity contribution >= 4 is 41.8 Å². The largest absolute Gasteiger partial charge is 0.462 e. The molecule has 0 unspecified atom stereocenters. The van der Waals surface area contributed by atoms with Gasteiger partial charge >= 0.3 is 30.0 Å². The van der Waals surface area contributed by atoms with Crippen LogP contribution in [0.25, 0.3) is 0 Å². The Morgan fingerprint density at radius 2 is 1.04 bits per heavy atom. The number of hydrogen-bond acceptors (Lipinski definition) is 14. The first-order valence-corrected chi connectivity index (χ1v) is 33.0. The highest BCUT2D eigenvalue weighted by Crippen LogP contribution is 2.29. The van der Waals surface area contributed by atoms with Gasteiger partial charge in [0, 0.05) is 26.7 Å². The van der Waals surface area contributed by atoms with Gasteiger partial charge in [0.25, 0.3) is 0 Å². The van der Waals surface area contributed by atoms with Crippen molar-refractivity contribution < 1.29 is 66.7 Å². The zero-order chi connectivity index (χ0) is 61.6. The maximum Gasteiger partial charge on any atom is 0.407 e. The fourth-order valence-corrected chi connectivity index (χ4v) is 10.4. The number of rotatable bonds is 49. The van der Waals surface area contributed by atoms with Gasteiger partial charge in [0.05, 0.1) is 19.6 Å². The van der Waals surface area contributed by atoms with E-state index < -0.39 is 90.8 Å². The van der Waals surface area contributed by atoms with Crippen molar-refractivity contribution in [2.45, 2.75) is 335 Å². The van der Waals surface area contributed by atoms with Crippen LogP contribution in [-0.4, -0.2) is 103 Å². The minimum atomic E-state index is -1.57. The van der Waals surface area contributed by atoms with Crippen LogP contribution in [0, 0.1) is 0 Å². The molecule has 0 saturated carbocycles. The molecule has 0 aliphatic carbocycles. The summed E-state index contributed by atoms with van der Waals surface area (Å²) in [5, 5.41) is 8.35. The number of benzene rings is 1. The van der Waals surface area contributed by atoms with Crippen molar-refractivity contribution in [1.82, 2.24) is 16.0 Å². The Hall–Kier alpha value is -4.77. The van der Waals surface area contributed by atoms with Gasteiger partial charge in [-0.2, -0.15) is 0 Å². The minimum Gasteiger partial charge on any atom is -0.462 e. The van der Waals surface area contributed by atoms with Gasteiger partial charge in [-0.25, -0.2) is 9.59 Å². The molecule has 0 aromatic heterocycles. The van der Waals surface area contributed by atoms with E-state index in [-0.39, 0.29) is 38.4 Å². The van der Waals surface area contributed by atoms with E-state index in [2.05, 4.69) is 36.7 Å². The second-order valence-corrected chi connectivity index (χ2v) is 24.2. The maximum absolute atomic E-state index is 14.6. The summed E-state index contributed by atoms with van der Waals surface area (Å²) in [6.45, 7) is 13.1. The summed E-state index contributed by atoms with van der Waals surface area (Å²) >= 11 is 0. The van der Waals surface area contributed by atoms with Crippen LogP contribution in [0.2, 0.25) is 0 Å². The average Bonchev–Trinajstić information content (AvgIpc) is 3.24. The van der Waals surface area contributed by atoms with E-state index in [1.54, 1.807) is 32.9 Å². The molecule has 1 aromatic rings. The van der Waals surface area contributed by atoms with Crippen molar-refractivity contribution in [3.8, 4) is 0 Å². The monoisotopic (exact) mass is 1190 g/mol. The number of ether oxygens (including phenoxy) is 7. The molecule has 17 nitrogen and oxygen atoms in total. The standard InChI is InChI=1S/C67H115N3O14/c1-9-12-15-18-21-24-26-29-32-35-41-46-58(73)69-56(64(76)78-50-54-43-38-37-39-44-54)51-79-65-61(63(81-53(5)72)62(80-52(4)71)57(83-65)49-68-66(77)84-67(6,7)8)70-59(74)48-55(45-40-34-31-28-23-20-17-14-11-3)82-60(75)47-42-36-33-30-27-25-22-19-16-13-10-2/h37-39,43-44,55-57,61-63,65H,9-36,40-42,45-51H2,1-8H3,(H,68,77)(H,69,73)(H,70,74)/t55-,56+,57-,61-,62-,63-,65-/m1/s1. The molecule has 1 aliphatic heterocycles. The third-order valence-electron chi connectivity index (χ3n) is 15.0. The molecular weight excluding hydrogens is 1070 g/mol. The van der Waals surface area contributed by atoms with Gasteiger partial charge in [0.1, 0.15) is 30.5 Å². The summed E-state index contributed by atoms with van der Waals surface area (Å²) in [7, 11) is 0. The summed E-state index contributed by atoms with van der Waals surface area (Å²) in [6, 6.07) is 6.28. The summed E-state index contributed by atoms with van der Waals surface area (Å²) in [5.74, 6) is -3.76. The van der Waals surface area contributed by atoms with E-state index in [9.17, 15) is 33.6 Å². The third kappa shape index (κ3) is 38.3. The van der Waals surface area contributed by atoms with Crippen LogP contribution in [0.4, 0.5) is 4.79 Å². The zero-order valence-electron chi connectivity index (χ0n) is 53.5. The van der Waals surface area contributed by atoms with Gasteiger partial charge < -0.3 is 49.1 Å². The number of amides is 3. The molecule has 482 valence electrons. The van der Waals surface area contributed by atoms with Crippen molar-refractivity contribution in [3.05, 3.63) is 35.9 Å². The molecule has 0 bridgehead atoms. The SMILES string of the molecule is CCCCCCCCCCCCCC(=O)N[C@@H](CO[C@@H]1O[C@H](CNC(=O)OC(C)(C)C)[C@@H](OC(C)=O)[C@H](OC(C)=O)[C@H]1NC(=O)C[C@@H](CCCCCCCCCCC)OC(=O)CCCCCCCCCCCCC)C(=O)OCc1ccccc1. The van der Waals surface area contributed by atoms with Gasteiger partial charge in [-0.05, 0) is 52.0 Å². The van der Waals surface area contributed by atoms with Crippen LogP contribution in [0.5, 0.6) is 0 Å². The lowest BCUT2D eigenvalue weighted by molar-refractivity contribution is -0.271. The van der Waals surface area contributed by atoms with Crippen LogP contribution >= 0.6 is 0 Å². The van der Waals surface area contributed by atoms with E-state index in [4.69, 9.17) is 33.2 Å². The summed E-state index contributed by atoms with van der Waals surface area (Å²) in [5.41, 5.74) is -0.157. The lowest BCUT2D eigenvalue weighted by Crippen LogP contribution is -2.68. The van der Waals surface area contributed by atoms with Crippen LogP contribution < -0.4 is 16.0 Å². The first kappa shape index (κ1) is 75.3. The van der Waals surface area contributed by atoms with Gasteiger partial charge in [0.15, 0.2) is 24.5 Å². The number of alkyl carbamates (subject to hydrolysis) is 1. The van der Waals surface area contributed by atoms with Gasteiger partial charge in [-0.3, -0.25) is 24.0 Å². The number of nitrogens with one attached hydrogen (secondary N) is 3. The van der Waals surface area contributed by atoms with Crippen molar-refractivity contribution in [2.75, 3.05) is 13.2 Å². The lowest BCUT2D eigenvalue weighted by atomic mass is 9.95. The molecule has 0 spiro atoms. The highest BCUT2D eigenvalue weighted by Gasteiger charge is 2.51. The first-order chi connectivity index (χ1) is 40.5. The highest BCUT2D eigenvalue weighted by molar-refractivity contribution is 5.84. The fourth-order valence-electron chi connectivity index (χ4n) is 10.4. The molecule has 1 heterocycles. The predicted molar refractivity (Wildman–Crippen MR) is 329 cm³/mol. The molecule has 2 rings (SSSR count). The highest BCUT2D eigenvalue weighted by atomic mass is 16.7. The molecule has 0 radical (unpaired) electrons. The first-order valence-electron chi connectivity index (χ1n) is 33.0. The molecule has 1 fully saturated rings. The summed E-state index contributed by atoms with van der Waals surface area (Å²) < 4.78 is 41.9. The third-order valence-corrected chi connectivity index (χ3v) is 15.0. The van der Waals surface area contributed by atoms with Gasteiger partial charge in [0.2, 0.25) is 11.8 Å². The Bertz CT molecular complexity index is 1930.